The number of carboxylic acids is 1. The van der Waals surface area contributed by atoms with E-state index in [0.29, 0.717) is 44.3 Å². The SMILES string of the molecule is CCCCCCCC[C@H]1CC[C@H](O)[C@@H]1CCCCCC(OC1CCCCO1)(OC1CCCCO1)C(=O)O. The van der Waals surface area contributed by atoms with Crippen molar-refractivity contribution in [2.75, 3.05) is 13.2 Å². The Morgan fingerprint density at radius 1 is 0.784 bits per heavy atom. The van der Waals surface area contributed by atoms with Gasteiger partial charge in [-0.2, -0.15) is 0 Å². The molecule has 1 aliphatic carbocycles. The van der Waals surface area contributed by atoms with E-state index >= 15 is 0 Å². The number of carbonyl (C=O) groups is 1. The van der Waals surface area contributed by atoms with E-state index in [9.17, 15) is 15.0 Å². The summed E-state index contributed by atoms with van der Waals surface area (Å²) in [6, 6.07) is 0. The van der Waals surface area contributed by atoms with Gasteiger partial charge in [-0.1, -0.05) is 64.7 Å². The number of aliphatic hydroxyl groups is 1. The molecule has 7 nitrogen and oxygen atoms in total. The normalized spacial score (nSPS) is 30.3. The van der Waals surface area contributed by atoms with E-state index in [1.54, 1.807) is 0 Å². The third kappa shape index (κ3) is 10.4. The molecule has 0 amide bonds. The second kappa shape index (κ2) is 17.1. The largest absolute Gasteiger partial charge is 0.477 e. The molecule has 2 aliphatic heterocycles. The molecule has 2 heterocycles. The fraction of sp³-hybridized carbons (Fsp3) is 0.967. The summed E-state index contributed by atoms with van der Waals surface area (Å²) < 4.78 is 23.6. The molecule has 7 heteroatoms. The summed E-state index contributed by atoms with van der Waals surface area (Å²) in [7, 11) is 0. The van der Waals surface area contributed by atoms with Crippen LogP contribution in [0.1, 0.15) is 135 Å². The van der Waals surface area contributed by atoms with Gasteiger partial charge in [0.05, 0.1) is 6.10 Å². The first kappa shape index (κ1) is 30.8. The Labute approximate surface area is 225 Å². The maximum Gasteiger partial charge on any atom is 0.364 e. The van der Waals surface area contributed by atoms with Crippen LogP contribution in [0, 0.1) is 11.8 Å². The van der Waals surface area contributed by atoms with Crippen LogP contribution in [0.15, 0.2) is 0 Å². The average molecular weight is 527 g/mol. The number of aliphatic hydroxyl groups excluding tert-OH is 1. The highest BCUT2D eigenvalue weighted by Crippen LogP contribution is 2.39. The molecule has 3 aliphatic rings. The second-order valence-corrected chi connectivity index (χ2v) is 11.6. The topological polar surface area (TPSA) is 94.5 Å². The van der Waals surface area contributed by atoms with Crippen molar-refractivity contribution in [3.8, 4) is 0 Å². The predicted molar refractivity (Wildman–Crippen MR) is 143 cm³/mol. The smallest absolute Gasteiger partial charge is 0.364 e. The summed E-state index contributed by atoms with van der Waals surface area (Å²) in [5.41, 5.74) is 0. The molecular formula is C30H54O7. The van der Waals surface area contributed by atoms with Crippen LogP contribution in [-0.2, 0) is 23.7 Å². The summed E-state index contributed by atoms with van der Waals surface area (Å²) in [5, 5.41) is 20.8. The first-order valence-electron chi connectivity index (χ1n) is 15.5. The summed E-state index contributed by atoms with van der Waals surface area (Å²) in [6.07, 6.45) is 19.0. The molecule has 1 saturated carbocycles. The highest BCUT2D eigenvalue weighted by atomic mass is 16.8. The van der Waals surface area contributed by atoms with Crippen LogP contribution in [0.5, 0.6) is 0 Å². The molecule has 0 aromatic heterocycles. The van der Waals surface area contributed by atoms with Gasteiger partial charge in [-0.3, -0.25) is 0 Å². The van der Waals surface area contributed by atoms with E-state index in [4.69, 9.17) is 18.9 Å². The first-order chi connectivity index (χ1) is 18.0. The number of rotatable bonds is 18. The van der Waals surface area contributed by atoms with Crippen LogP contribution in [0.25, 0.3) is 0 Å². The Kier molecular flexibility index (Phi) is 14.2. The van der Waals surface area contributed by atoms with E-state index in [1.165, 1.54) is 44.9 Å². The van der Waals surface area contributed by atoms with Gasteiger partial charge in [0, 0.05) is 19.6 Å². The van der Waals surface area contributed by atoms with Gasteiger partial charge in [-0.15, -0.1) is 0 Å². The molecule has 2 saturated heterocycles. The van der Waals surface area contributed by atoms with Crippen molar-refractivity contribution in [3.05, 3.63) is 0 Å². The van der Waals surface area contributed by atoms with Crippen LogP contribution in [0.3, 0.4) is 0 Å². The van der Waals surface area contributed by atoms with Gasteiger partial charge < -0.3 is 29.2 Å². The molecular weight excluding hydrogens is 472 g/mol. The second-order valence-electron chi connectivity index (χ2n) is 11.6. The van der Waals surface area contributed by atoms with E-state index < -0.39 is 24.3 Å². The zero-order valence-corrected chi connectivity index (χ0v) is 23.4. The monoisotopic (exact) mass is 526 g/mol. The molecule has 0 spiro atoms. The molecule has 0 aromatic carbocycles. The van der Waals surface area contributed by atoms with Crippen LogP contribution in [0.4, 0.5) is 0 Å². The molecule has 0 aromatic rings. The van der Waals surface area contributed by atoms with Crippen molar-refractivity contribution in [1.82, 2.24) is 0 Å². The maximum atomic E-state index is 12.5. The van der Waals surface area contributed by atoms with Crippen LogP contribution < -0.4 is 0 Å². The lowest BCUT2D eigenvalue weighted by molar-refractivity contribution is -0.352. The number of ether oxygens (including phenoxy) is 4. The van der Waals surface area contributed by atoms with Gasteiger partial charge in [-0.25, -0.2) is 4.79 Å². The minimum atomic E-state index is -1.74. The number of hydrogen-bond donors (Lipinski definition) is 2. The molecule has 2 unspecified atom stereocenters. The fourth-order valence-electron chi connectivity index (χ4n) is 6.40. The van der Waals surface area contributed by atoms with Crippen LogP contribution in [0.2, 0.25) is 0 Å². The summed E-state index contributed by atoms with van der Waals surface area (Å²) in [6.45, 7) is 3.43. The van der Waals surface area contributed by atoms with Crippen molar-refractivity contribution in [3.63, 3.8) is 0 Å². The number of hydrogen-bond acceptors (Lipinski definition) is 6. The van der Waals surface area contributed by atoms with E-state index in [0.717, 1.165) is 57.8 Å². The van der Waals surface area contributed by atoms with Crippen molar-refractivity contribution in [1.29, 1.82) is 0 Å². The highest BCUT2D eigenvalue weighted by Gasteiger charge is 2.46. The molecule has 0 radical (unpaired) electrons. The zero-order chi connectivity index (χ0) is 26.3. The van der Waals surface area contributed by atoms with Gasteiger partial charge in [-0.05, 0) is 76.0 Å². The first-order valence-corrected chi connectivity index (χ1v) is 15.5. The van der Waals surface area contributed by atoms with Crippen molar-refractivity contribution in [2.45, 2.75) is 160 Å². The summed E-state index contributed by atoms with van der Waals surface area (Å²) in [5.74, 6) is -1.81. The van der Waals surface area contributed by atoms with Crippen molar-refractivity contribution in [2.24, 2.45) is 11.8 Å². The lowest BCUT2D eigenvalue weighted by Gasteiger charge is -2.38. The Morgan fingerprint density at radius 3 is 1.97 bits per heavy atom. The highest BCUT2D eigenvalue weighted by molar-refractivity contribution is 5.75. The van der Waals surface area contributed by atoms with E-state index in [2.05, 4.69) is 6.92 Å². The third-order valence-electron chi connectivity index (χ3n) is 8.65. The molecule has 216 valence electrons. The Morgan fingerprint density at radius 2 is 1.38 bits per heavy atom. The molecule has 3 rings (SSSR count). The van der Waals surface area contributed by atoms with Crippen LogP contribution in [-0.4, -0.2) is 53.9 Å². The quantitative estimate of drug-likeness (QED) is 0.147. The maximum absolute atomic E-state index is 12.5. The molecule has 37 heavy (non-hydrogen) atoms. The Hall–Kier alpha value is -0.730. The van der Waals surface area contributed by atoms with Gasteiger partial charge in [0.1, 0.15) is 0 Å². The van der Waals surface area contributed by atoms with Crippen LogP contribution >= 0.6 is 0 Å². The molecule has 2 N–H and O–H groups in total. The predicted octanol–water partition coefficient (Wildman–Crippen LogP) is 6.94. The lowest BCUT2D eigenvalue weighted by atomic mass is 9.85. The number of carboxylic acid groups (broad SMARTS) is 1. The van der Waals surface area contributed by atoms with Gasteiger partial charge >= 0.3 is 5.97 Å². The summed E-state index contributed by atoms with van der Waals surface area (Å²) in [4.78, 5) is 12.5. The van der Waals surface area contributed by atoms with Gasteiger partial charge in [0.15, 0.2) is 12.6 Å². The molecule has 0 bridgehead atoms. The van der Waals surface area contributed by atoms with Gasteiger partial charge in [0.2, 0.25) is 0 Å². The lowest BCUT2D eigenvalue weighted by Crippen LogP contribution is -2.51. The van der Waals surface area contributed by atoms with Gasteiger partial charge in [0.25, 0.3) is 5.79 Å². The minimum absolute atomic E-state index is 0.179. The zero-order valence-electron chi connectivity index (χ0n) is 23.4. The third-order valence-corrected chi connectivity index (χ3v) is 8.65. The molecule has 5 atom stereocenters. The van der Waals surface area contributed by atoms with Crippen molar-refractivity contribution < 1.29 is 34.0 Å². The molecule has 3 fully saturated rings. The number of aliphatic carboxylic acids is 1. The minimum Gasteiger partial charge on any atom is -0.477 e. The Bertz CT molecular complexity index is 595. The van der Waals surface area contributed by atoms with Crippen molar-refractivity contribution >= 4 is 5.97 Å². The standard InChI is InChI=1S/C30H54O7/c1-2-3-4-5-6-8-15-24-19-20-26(31)25(24)16-9-7-12-21-30(29(32)33,36-27-17-10-13-22-34-27)37-28-18-11-14-23-35-28/h24-28,31H,2-23H2,1H3,(H,32,33)/t24-,25+,26-,27?,28?,30?/m0/s1. The van der Waals surface area contributed by atoms with E-state index in [1.807, 2.05) is 0 Å². The van der Waals surface area contributed by atoms with E-state index in [-0.39, 0.29) is 12.5 Å². The Balaban J connectivity index is 1.45. The fourth-order valence-corrected chi connectivity index (χ4v) is 6.40. The number of unbranched alkanes of at least 4 members (excludes halogenated alkanes) is 7. The summed E-state index contributed by atoms with van der Waals surface area (Å²) >= 11 is 0. The average Bonchev–Trinajstić information content (AvgIpc) is 3.25.